The first kappa shape index (κ1) is 20.9. The molecular formula is C25H21N3O4. The Morgan fingerprint density at radius 1 is 0.844 bits per heavy atom. The lowest BCUT2D eigenvalue weighted by Gasteiger charge is -2.14. The van der Waals surface area contributed by atoms with Gasteiger partial charge in [0.15, 0.2) is 0 Å². The van der Waals surface area contributed by atoms with Crippen LogP contribution in [0.25, 0.3) is 11.4 Å². The number of para-hydroxylation sites is 2. The highest BCUT2D eigenvalue weighted by molar-refractivity contribution is 5.84. The van der Waals surface area contributed by atoms with Gasteiger partial charge in [0.05, 0.1) is 23.7 Å². The average Bonchev–Trinajstić information content (AvgIpc) is 2.82. The molecule has 0 amide bonds. The van der Waals surface area contributed by atoms with Gasteiger partial charge in [0.2, 0.25) is 5.88 Å². The number of aromatic hydroxyl groups is 1. The third-order valence-corrected chi connectivity index (χ3v) is 4.79. The summed E-state index contributed by atoms with van der Waals surface area (Å²) in [7, 11) is 0. The van der Waals surface area contributed by atoms with Crippen LogP contribution in [0.1, 0.15) is 12.5 Å². The maximum atomic E-state index is 13.2. The summed E-state index contributed by atoms with van der Waals surface area (Å²) >= 11 is 0. The molecule has 1 N–H and O–H groups in total. The van der Waals surface area contributed by atoms with Crippen LogP contribution >= 0.6 is 0 Å². The second kappa shape index (κ2) is 9.18. The Balaban J connectivity index is 1.90. The van der Waals surface area contributed by atoms with Crippen molar-refractivity contribution >= 4 is 11.9 Å². The third kappa shape index (κ3) is 4.09. The molecule has 0 fully saturated rings. The molecule has 1 heterocycles. The SMILES string of the molecule is CCOc1ccc(N=Cc2c(O)n(-c3ccccc3)c(=O)n(-c3ccccc3)c2=O)cc1. The van der Waals surface area contributed by atoms with Crippen molar-refractivity contribution in [2.45, 2.75) is 6.92 Å². The summed E-state index contributed by atoms with van der Waals surface area (Å²) in [4.78, 5) is 30.8. The summed E-state index contributed by atoms with van der Waals surface area (Å²) in [6.45, 7) is 2.45. The molecule has 4 aromatic rings. The molecule has 0 atom stereocenters. The van der Waals surface area contributed by atoms with E-state index in [9.17, 15) is 14.7 Å². The highest BCUT2D eigenvalue weighted by Gasteiger charge is 2.19. The molecule has 7 nitrogen and oxygen atoms in total. The minimum atomic E-state index is -0.678. The molecule has 160 valence electrons. The lowest BCUT2D eigenvalue weighted by atomic mass is 10.2. The van der Waals surface area contributed by atoms with Gasteiger partial charge < -0.3 is 9.84 Å². The molecule has 0 saturated heterocycles. The van der Waals surface area contributed by atoms with Crippen molar-refractivity contribution in [3.63, 3.8) is 0 Å². The fourth-order valence-electron chi connectivity index (χ4n) is 3.28. The Kier molecular flexibility index (Phi) is 5.98. The number of hydrogen-bond acceptors (Lipinski definition) is 5. The van der Waals surface area contributed by atoms with E-state index in [2.05, 4.69) is 4.99 Å². The standard InChI is InChI=1S/C25H21N3O4/c1-2-32-21-15-13-18(14-16-21)26-17-22-23(29)27(19-9-5-3-6-10-19)25(31)28(24(22)30)20-11-7-4-8-12-20/h3-17,29H,2H2,1H3. The lowest BCUT2D eigenvalue weighted by Crippen LogP contribution is -2.40. The molecule has 0 saturated carbocycles. The van der Waals surface area contributed by atoms with E-state index < -0.39 is 17.1 Å². The van der Waals surface area contributed by atoms with Crippen molar-refractivity contribution < 1.29 is 9.84 Å². The van der Waals surface area contributed by atoms with Gasteiger partial charge in [0, 0.05) is 6.21 Å². The van der Waals surface area contributed by atoms with Gasteiger partial charge in [-0.15, -0.1) is 0 Å². The summed E-state index contributed by atoms with van der Waals surface area (Å²) < 4.78 is 7.53. The summed E-state index contributed by atoms with van der Waals surface area (Å²) in [5.74, 6) is 0.228. The monoisotopic (exact) mass is 427 g/mol. The van der Waals surface area contributed by atoms with Crippen LogP contribution in [-0.2, 0) is 0 Å². The molecule has 0 bridgehead atoms. The Morgan fingerprint density at radius 3 is 1.97 bits per heavy atom. The van der Waals surface area contributed by atoms with Gasteiger partial charge in [0.25, 0.3) is 5.56 Å². The third-order valence-electron chi connectivity index (χ3n) is 4.79. The zero-order valence-electron chi connectivity index (χ0n) is 17.4. The summed E-state index contributed by atoms with van der Waals surface area (Å²) in [5, 5.41) is 10.9. The number of aromatic nitrogens is 2. The van der Waals surface area contributed by atoms with Crippen LogP contribution in [0, 0.1) is 0 Å². The lowest BCUT2D eigenvalue weighted by molar-refractivity contribution is 0.340. The van der Waals surface area contributed by atoms with Gasteiger partial charge in [0.1, 0.15) is 11.3 Å². The maximum Gasteiger partial charge on any atom is 0.343 e. The first-order valence-corrected chi connectivity index (χ1v) is 10.1. The molecule has 4 rings (SSSR count). The van der Waals surface area contributed by atoms with Crippen LogP contribution in [-0.4, -0.2) is 27.1 Å². The number of rotatable bonds is 6. The van der Waals surface area contributed by atoms with E-state index in [1.807, 2.05) is 6.92 Å². The van der Waals surface area contributed by atoms with Gasteiger partial charge in [-0.3, -0.25) is 9.79 Å². The largest absolute Gasteiger partial charge is 0.494 e. The zero-order valence-corrected chi connectivity index (χ0v) is 17.4. The normalized spacial score (nSPS) is 11.0. The van der Waals surface area contributed by atoms with Crippen molar-refractivity contribution in [1.82, 2.24) is 9.13 Å². The Morgan fingerprint density at radius 2 is 1.41 bits per heavy atom. The molecule has 3 aromatic carbocycles. The second-order valence-corrected chi connectivity index (χ2v) is 6.85. The summed E-state index contributed by atoms with van der Waals surface area (Å²) in [6, 6.07) is 24.2. The topological polar surface area (TPSA) is 85.8 Å². The van der Waals surface area contributed by atoms with Crippen molar-refractivity contribution in [2.24, 2.45) is 4.99 Å². The predicted molar refractivity (Wildman–Crippen MR) is 124 cm³/mol. The smallest absolute Gasteiger partial charge is 0.343 e. The van der Waals surface area contributed by atoms with Crippen molar-refractivity contribution in [2.75, 3.05) is 6.61 Å². The molecule has 0 radical (unpaired) electrons. The fourth-order valence-corrected chi connectivity index (χ4v) is 3.28. The Hall–Kier alpha value is -4.39. The number of aliphatic imine (C=N–C) groups is 1. The van der Waals surface area contributed by atoms with Crippen LogP contribution in [0.3, 0.4) is 0 Å². The fraction of sp³-hybridized carbons (Fsp3) is 0.0800. The van der Waals surface area contributed by atoms with Crippen LogP contribution in [0.4, 0.5) is 5.69 Å². The number of hydrogen-bond donors (Lipinski definition) is 1. The minimum Gasteiger partial charge on any atom is -0.494 e. The molecule has 0 spiro atoms. The maximum absolute atomic E-state index is 13.2. The van der Waals surface area contributed by atoms with E-state index in [4.69, 9.17) is 4.74 Å². The number of benzene rings is 3. The summed E-state index contributed by atoms with van der Waals surface area (Å²) in [6.07, 6.45) is 1.27. The van der Waals surface area contributed by atoms with E-state index in [-0.39, 0.29) is 5.56 Å². The van der Waals surface area contributed by atoms with Gasteiger partial charge in [-0.05, 0) is 55.5 Å². The van der Waals surface area contributed by atoms with E-state index in [0.29, 0.717) is 29.4 Å². The first-order chi connectivity index (χ1) is 15.6. The van der Waals surface area contributed by atoms with E-state index in [1.165, 1.54) is 6.21 Å². The van der Waals surface area contributed by atoms with Gasteiger partial charge in [-0.1, -0.05) is 36.4 Å². The van der Waals surface area contributed by atoms with Gasteiger partial charge >= 0.3 is 5.69 Å². The molecule has 0 unspecified atom stereocenters. The molecule has 7 heteroatoms. The minimum absolute atomic E-state index is 0.105. The Labute approximate surface area is 184 Å². The van der Waals surface area contributed by atoms with E-state index >= 15 is 0 Å². The van der Waals surface area contributed by atoms with Crippen molar-refractivity contribution in [3.05, 3.63) is 111 Å². The Bertz CT molecular complexity index is 1360. The summed E-state index contributed by atoms with van der Waals surface area (Å²) in [5.41, 5.74) is -0.0656. The first-order valence-electron chi connectivity index (χ1n) is 10.1. The van der Waals surface area contributed by atoms with Gasteiger partial charge in [-0.25, -0.2) is 13.9 Å². The highest BCUT2D eigenvalue weighted by atomic mass is 16.5. The molecular weight excluding hydrogens is 406 g/mol. The van der Waals surface area contributed by atoms with Crippen LogP contribution in [0.2, 0.25) is 0 Å². The second-order valence-electron chi connectivity index (χ2n) is 6.85. The zero-order chi connectivity index (χ0) is 22.5. The number of nitrogens with zero attached hydrogens (tertiary/aromatic N) is 3. The molecule has 1 aromatic heterocycles. The quantitative estimate of drug-likeness (QED) is 0.474. The predicted octanol–water partition coefficient (Wildman–Crippen LogP) is 3.84. The van der Waals surface area contributed by atoms with Crippen LogP contribution in [0.5, 0.6) is 11.6 Å². The van der Waals surface area contributed by atoms with E-state index in [1.54, 1.807) is 84.9 Å². The van der Waals surface area contributed by atoms with E-state index in [0.717, 1.165) is 9.13 Å². The van der Waals surface area contributed by atoms with Gasteiger partial charge in [-0.2, -0.15) is 0 Å². The van der Waals surface area contributed by atoms with Crippen LogP contribution in [0.15, 0.2) is 99.5 Å². The molecule has 0 aliphatic rings. The number of ether oxygens (including phenoxy) is 1. The van der Waals surface area contributed by atoms with Crippen molar-refractivity contribution in [1.29, 1.82) is 0 Å². The van der Waals surface area contributed by atoms with Crippen LogP contribution < -0.4 is 16.0 Å². The highest BCUT2D eigenvalue weighted by Crippen LogP contribution is 2.20. The van der Waals surface area contributed by atoms with Crippen molar-refractivity contribution in [3.8, 4) is 23.0 Å². The average molecular weight is 427 g/mol. The molecule has 32 heavy (non-hydrogen) atoms. The molecule has 0 aliphatic carbocycles. The molecule has 0 aliphatic heterocycles.